The van der Waals surface area contributed by atoms with Crippen LogP contribution in [0.15, 0.2) is 48.8 Å². The molecule has 0 radical (unpaired) electrons. The van der Waals surface area contributed by atoms with Crippen molar-refractivity contribution in [2.45, 2.75) is 20.2 Å². The molecule has 2 heterocycles. The molecular weight excluding hydrogens is 496 g/mol. The Morgan fingerprint density at radius 3 is 2.82 bits per heavy atom. The molecule has 4 rings (SSSR count). The van der Waals surface area contributed by atoms with Crippen molar-refractivity contribution in [3.63, 3.8) is 0 Å². The zero-order valence-electron chi connectivity index (χ0n) is 21.4. The number of carbonyl (C=O) groups excluding carboxylic acids is 1. The number of morpholine rings is 1. The molecule has 9 nitrogen and oxygen atoms in total. The molecule has 3 aromatic rings. The summed E-state index contributed by atoms with van der Waals surface area (Å²) in [6, 6.07) is 8.33. The number of nitrogens with zero attached hydrogens (tertiary/aromatic N) is 3. The third-order valence-electron chi connectivity index (χ3n) is 5.86. The molecule has 1 amide bonds. The van der Waals surface area contributed by atoms with E-state index in [1.807, 2.05) is 0 Å². The van der Waals surface area contributed by atoms with E-state index in [-0.39, 0.29) is 30.6 Å². The number of alkyl halides is 1. The molecule has 1 unspecified atom stereocenters. The van der Waals surface area contributed by atoms with Crippen LogP contribution in [0.1, 0.15) is 12.5 Å². The first kappa shape index (κ1) is 27.4. The van der Waals surface area contributed by atoms with Crippen LogP contribution in [0.5, 0.6) is 5.75 Å². The third-order valence-corrected chi connectivity index (χ3v) is 5.86. The number of benzene rings is 2. The minimum Gasteiger partial charge on any atom is -0.489 e. The summed E-state index contributed by atoms with van der Waals surface area (Å²) in [5, 5.41) is 6.40. The number of aromatic nitrogens is 2. The Kier molecular flexibility index (Phi) is 9.52. The summed E-state index contributed by atoms with van der Waals surface area (Å²) in [7, 11) is 0. The zero-order chi connectivity index (χ0) is 26.9. The molecule has 1 aromatic heterocycles. The number of halogens is 2. The Balaban J connectivity index is 1.58. The van der Waals surface area contributed by atoms with Crippen molar-refractivity contribution in [1.82, 2.24) is 14.9 Å². The van der Waals surface area contributed by atoms with Crippen LogP contribution < -0.4 is 15.4 Å². The predicted molar refractivity (Wildman–Crippen MR) is 141 cm³/mol. The normalized spacial score (nSPS) is 15.1. The third kappa shape index (κ3) is 7.44. The molecule has 0 spiro atoms. The molecule has 1 atom stereocenters. The number of ether oxygens (including phenoxy) is 3. The fourth-order valence-electron chi connectivity index (χ4n) is 3.90. The van der Waals surface area contributed by atoms with Crippen LogP contribution in [0.3, 0.4) is 0 Å². The number of aryl methyl sites for hydroxylation is 1. The van der Waals surface area contributed by atoms with Crippen molar-refractivity contribution in [1.29, 1.82) is 0 Å². The van der Waals surface area contributed by atoms with E-state index in [0.29, 0.717) is 53.5 Å². The average molecular weight is 528 g/mol. The van der Waals surface area contributed by atoms with Crippen LogP contribution in [-0.2, 0) is 14.3 Å². The van der Waals surface area contributed by atoms with Crippen LogP contribution in [0.2, 0.25) is 0 Å². The van der Waals surface area contributed by atoms with E-state index >= 15 is 0 Å². The molecule has 11 heteroatoms. The maximum Gasteiger partial charge on any atom is 0.248 e. The highest BCUT2D eigenvalue weighted by Crippen LogP contribution is 2.34. The summed E-state index contributed by atoms with van der Waals surface area (Å²) < 4.78 is 43.7. The van der Waals surface area contributed by atoms with Crippen LogP contribution >= 0.6 is 0 Å². The number of nitrogens with one attached hydrogen (secondary N) is 2. The largest absolute Gasteiger partial charge is 0.489 e. The lowest BCUT2D eigenvalue weighted by molar-refractivity contribution is -0.111. The van der Waals surface area contributed by atoms with Gasteiger partial charge in [-0.15, -0.1) is 0 Å². The minimum atomic E-state index is -1.42. The number of amides is 1. The molecule has 2 N–H and O–H groups in total. The molecule has 1 aliphatic rings. The fourth-order valence-corrected chi connectivity index (χ4v) is 3.90. The lowest BCUT2D eigenvalue weighted by atomic mass is 10.1. The molecular formula is C27H31F2N5O4. The first-order valence-electron chi connectivity index (χ1n) is 12.4. The van der Waals surface area contributed by atoms with E-state index in [1.165, 1.54) is 19.3 Å². The van der Waals surface area contributed by atoms with Gasteiger partial charge in [0.25, 0.3) is 0 Å². The average Bonchev–Trinajstić information content (AvgIpc) is 2.90. The van der Waals surface area contributed by atoms with Crippen LogP contribution in [0, 0.1) is 12.7 Å². The summed E-state index contributed by atoms with van der Waals surface area (Å²) in [5.74, 6) is -0.0552. The van der Waals surface area contributed by atoms with Gasteiger partial charge in [-0.25, -0.2) is 18.7 Å². The second kappa shape index (κ2) is 13.2. The molecule has 1 saturated heterocycles. The maximum absolute atomic E-state index is 14.6. The molecule has 202 valence electrons. The lowest BCUT2D eigenvalue weighted by Crippen LogP contribution is -2.36. The Bertz CT molecular complexity index is 1280. The van der Waals surface area contributed by atoms with Crippen molar-refractivity contribution in [3.05, 3.63) is 60.2 Å². The summed E-state index contributed by atoms with van der Waals surface area (Å²) in [5.41, 5.74) is 1.62. The topological polar surface area (TPSA) is 97.8 Å². The van der Waals surface area contributed by atoms with Gasteiger partial charge in [-0.1, -0.05) is 18.2 Å². The second-order valence-corrected chi connectivity index (χ2v) is 8.72. The Morgan fingerprint density at radius 1 is 1.21 bits per heavy atom. The zero-order valence-corrected chi connectivity index (χ0v) is 21.4. The van der Waals surface area contributed by atoms with Gasteiger partial charge in [0.1, 0.15) is 30.3 Å². The smallest absolute Gasteiger partial charge is 0.248 e. The number of hydrogen-bond acceptors (Lipinski definition) is 8. The summed E-state index contributed by atoms with van der Waals surface area (Å²) in [6.07, 6.45) is 3.17. The van der Waals surface area contributed by atoms with Crippen molar-refractivity contribution < 1.29 is 27.8 Å². The van der Waals surface area contributed by atoms with Crippen LogP contribution in [0.4, 0.5) is 26.0 Å². The van der Waals surface area contributed by atoms with Crippen molar-refractivity contribution in [2.75, 3.05) is 56.7 Å². The SMILES string of the molecule is Cc1cccc(Nc2ncnc3cc(OCCOC(C)F)c(NC(=O)/C=C/CN4CCOCC4)cc23)c1F. The van der Waals surface area contributed by atoms with Gasteiger partial charge in [-0.05, 0) is 31.5 Å². The van der Waals surface area contributed by atoms with Gasteiger partial charge in [-0.2, -0.15) is 0 Å². The molecule has 0 aliphatic carbocycles. The highest BCUT2D eigenvalue weighted by molar-refractivity contribution is 6.03. The quantitative estimate of drug-likeness (QED) is 0.281. The first-order valence-corrected chi connectivity index (χ1v) is 12.4. The fraction of sp³-hybridized carbons (Fsp3) is 0.370. The second-order valence-electron chi connectivity index (χ2n) is 8.72. The van der Waals surface area contributed by atoms with Gasteiger partial charge in [0.2, 0.25) is 5.91 Å². The lowest BCUT2D eigenvalue weighted by Gasteiger charge is -2.25. The number of rotatable bonds is 11. The maximum atomic E-state index is 14.6. The molecule has 0 bridgehead atoms. The highest BCUT2D eigenvalue weighted by atomic mass is 19.1. The van der Waals surface area contributed by atoms with Crippen molar-refractivity contribution in [3.8, 4) is 5.75 Å². The number of hydrogen-bond donors (Lipinski definition) is 2. The molecule has 38 heavy (non-hydrogen) atoms. The van der Waals surface area contributed by atoms with Gasteiger partial charge in [0, 0.05) is 37.2 Å². The van der Waals surface area contributed by atoms with E-state index in [4.69, 9.17) is 14.2 Å². The van der Waals surface area contributed by atoms with Gasteiger partial charge >= 0.3 is 0 Å². The summed E-state index contributed by atoms with van der Waals surface area (Å²) in [4.78, 5) is 23.5. The van der Waals surface area contributed by atoms with Crippen molar-refractivity contribution >= 4 is 34.0 Å². The van der Waals surface area contributed by atoms with Crippen LogP contribution in [0.25, 0.3) is 10.9 Å². The van der Waals surface area contributed by atoms with Gasteiger partial charge in [0.05, 0.1) is 36.7 Å². The van der Waals surface area contributed by atoms with Gasteiger partial charge in [-0.3, -0.25) is 9.69 Å². The Morgan fingerprint density at radius 2 is 2.03 bits per heavy atom. The first-order chi connectivity index (χ1) is 18.4. The molecule has 1 aliphatic heterocycles. The minimum absolute atomic E-state index is 0.0196. The van der Waals surface area contributed by atoms with E-state index < -0.39 is 6.36 Å². The number of fused-ring (bicyclic) bond motifs is 1. The van der Waals surface area contributed by atoms with Crippen molar-refractivity contribution in [2.24, 2.45) is 0 Å². The monoisotopic (exact) mass is 527 g/mol. The van der Waals surface area contributed by atoms with Crippen LogP contribution in [-0.4, -0.2) is 73.2 Å². The van der Waals surface area contributed by atoms with E-state index in [0.717, 1.165) is 13.1 Å². The molecule has 1 fully saturated rings. The molecule has 0 saturated carbocycles. The van der Waals surface area contributed by atoms with Gasteiger partial charge in [0.15, 0.2) is 6.36 Å². The standard InChI is InChI=1S/C27H31F2N5O4/c1-18-5-3-6-21(26(18)29)33-27-20-15-23(32-25(35)7-4-8-34-9-11-36-12-10-34)24(16-22(20)30-17-31-27)38-14-13-37-19(2)28/h3-7,15-17,19H,8-14H2,1-2H3,(H,32,35)(H,30,31,33)/b7-4+. The van der Waals surface area contributed by atoms with Gasteiger partial charge < -0.3 is 24.8 Å². The molecule has 2 aromatic carbocycles. The predicted octanol–water partition coefficient (Wildman–Crippen LogP) is 4.36. The Labute approximate surface area is 219 Å². The highest BCUT2D eigenvalue weighted by Gasteiger charge is 2.15. The number of anilines is 3. The van der Waals surface area contributed by atoms with E-state index in [9.17, 15) is 13.6 Å². The summed E-state index contributed by atoms with van der Waals surface area (Å²) >= 11 is 0. The van der Waals surface area contributed by atoms with E-state index in [1.54, 1.807) is 43.3 Å². The van der Waals surface area contributed by atoms with E-state index in [2.05, 4.69) is 25.5 Å². The number of carbonyl (C=O) groups is 1. The Hall–Kier alpha value is -3.67. The summed E-state index contributed by atoms with van der Waals surface area (Å²) in [6.45, 7) is 6.63.